The summed E-state index contributed by atoms with van der Waals surface area (Å²) in [6.07, 6.45) is 3.82. The second kappa shape index (κ2) is 10.6. The quantitative estimate of drug-likeness (QED) is 0.630. The summed E-state index contributed by atoms with van der Waals surface area (Å²) in [5, 5.41) is 15.1. The van der Waals surface area contributed by atoms with Crippen molar-refractivity contribution in [3.63, 3.8) is 0 Å². The number of fused-ring (bicyclic) bond motifs is 1. The maximum absolute atomic E-state index is 13.5. The van der Waals surface area contributed by atoms with Crippen LogP contribution in [0, 0.1) is 5.82 Å². The van der Waals surface area contributed by atoms with Crippen molar-refractivity contribution in [1.82, 2.24) is 25.1 Å². The number of hydrogen-bond donors (Lipinski definition) is 2. The third kappa shape index (κ3) is 5.39. The maximum Gasteiger partial charge on any atom is 0.334 e. The Morgan fingerprint density at radius 1 is 1.11 bits per heavy atom. The molecule has 3 fully saturated rings. The highest BCUT2D eigenvalue weighted by molar-refractivity contribution is 5.92. The molecule has 2 atom stereocenters. The molecule has 1 unspecified atom stereocenters. The van der Waals surface area contributed by atoms with Gasteiger partial charge in [-0.1, -0.05) is 31.4 Å². The van der Waals surface area contributed by atoms with Gasteiger partial charge in [-0.15, -0.1) is 0 Å². The van der Waals surface area contributed by atoms with Crippen LogP contribution in [0.2, 0.25) is 0 Å². The normalized spacial score (nSPS) is 23.9. The van der Waals surface area contributed by atoms with E-state index < -0.39 is 24.2 Å². The summed E-state index contributed by atoms with van der Waals surface area (Å²) in [7, 11) is 1.64. The number of rotatable bonds is 6. The molecule has 1 aliphatic carbocycles. The number of piperazine rings is 1. The van der Waals surface area contributed by atoms with Gasteiger partial charge >= 0.3 is 12.0 Å². The van der Waals surface area contributed by atoms with E-state index in [0.717, 1.165) is 32.1 Å². The highest BCUT2D eigenvalue weighted by Crippen LogP contribution is 2.32. The molecule has 2 saturated heterocycles. The molecule has 1 saturated carbocycles. The summed E-state index contributed by atoms with van der Waals surface area (Å²) in [6, 6.07) is 4.43. The summed E-state index contributed by atoms with van der Waals surface area (Å²) < 4.78 is 13.2. The van der Waals surface area contributed by atoms with Crippen molar-refractivity contribution in [3.8, 4) is 0 Å². The van der Waals surface area contributed by atoms with Crippen LogP contribution in [0.3, 0.4) is 0 Å². The Morgan fingerprint density at radius 2 is 1.80 bits per heavy atom. The number of hydrogen-bond acceptors (Lipinski definition) is 5. The van der Waals surface area contributed by atoms with Gasteiger partial charge in [-0.2, -0.15) is 0 Å². The number of carboxylic acid groups (broad SMARTS) is 1. The summed E-state index contributed by atoms with van der Waals surface area (Å²) >= 11 is 0. The van der Waals surface area contributed by atoms with E-state index >= 15 is 0 Å². The fourth-order valence-electron chi connectivity index (χ4n) is 5.38. The van der Waals surface area contributed by atoms with Crippen molar-refractivity contribution in [2.75, 3.05) is 20.1 Å². The highest BCUT2D eigenvalue weighted by Gasteiger charge is 2.51. The molecular formula is C24H32FN5O5. The van der Waals surface area contributed by atoms with E-state index in [-0.39, 0.29) is 56.1 Å². The first-order valence-corrected chi connectivity index (χ1v) is 12.1. The van der Waals surface area contributed by atoms with Gasteiger partial charge in [0.1, 0.15) is 18.0 Å². The number of amides is 4. The van der Waals surface area contributed by atoms with Crippen LogP contribution in [0.1, 0.15) is 50.5 Å². The maximum atomic E-state index is 13.5. The first kappa shape index (κ1) is 24.9. The van der Waals surface area contributed by atoms with Gasteiger partial charge in [0.25, 0.3) is 0 Å². The molecule has 0 bridgehead atoms. The zero-order valence-electron chi connectivity index (χ0n) is 19.9. The largest absolute Gasteiger partial charge is 0.481 e. The van der Waals surface area contributed by atoms with Crippen LogP contribution in [-0.2, 0) is 20.9 Å². The number of carbonyl (C=O) groups is 4. The summed E-state index contributed by atoms with van der Waals surface area (Å²) in [4.78, 5) is 54.4. The number of nitrogens with one attached hydrogen (secondary N) is 1. The average Bonchev–Trinajstić information content (AvgIpc) is 2.83. The Labute approximate surface area is 203 Å². The predicted molar refractivity (Wildman–Crippen MR) is 123 cm³/mol. The van der Waals surface area contributed by atoms with E-state index in [2.05, 4.69) is 5.32 Å². The number of carbonyl (C=O) groups excluding carboxylic acids is 3. The molecule has 0 aromatic heterocycles. The van der Waals surface area contributed by atoms with Crippen molar-refractivity contribution < 1.29 is 28.7 Å². The number of likely N-dealkylation sites (N-methyl/N-ethyl adjacent to an activating group) is 1. The Kier molecular flexibility index (Phi) is 7.54. The Hall–Kier alpha value is -3.21. The molecule has 1 aromatic rings. The number of benzene rings is 1. The average molecular weight is 490 g/mol. The number of halogens is 1. The number of carboxylic acids is 1. The van der Waals surface area contributed by atoms with Gasteiger partial charge < -0.3 is 20.2 Å². The van der Waals surface area contributed by atoms with Gasteiger partial charge in [-0.25, -0.2) is 19.2 Å². The van der Waals surface area contributed by atoms with Crippen LogP contribution in [0.4, 0.5) is 9.18 Å². The van der Waals surface area contributed by atoms with E-state index in [1.807, 2.05) is 0 Å². The van der Waals surface area contributed by atoms with Gasteiger partial charge in [0, 0.05) is 26.1 Å². The van der Waals surface area contributed by atoms with Crippen molar-refractivity contribution in [1.29, 1.82) is 0 Å². The van der Waals surface area contributed by atoms with Crippen molar-refractivity contribution >= 4 is 23.8 Å². The second-order valence-electron chi connectivity index (χ2n) is 9.46. The number of nitrogens with zero attached hydrogens (tertiary/aromatic N) is 4. The lowest BCUT2D eigenvalue weighted by Crippen LogP contribution is -2.76. The fraction of sp³-hybridized carbons (Fsp3) is 0.583. The minimum atomic E-state index is -1.04. The Balaban J connectivity index is 1.59. The van der Waals surface area contributed by atoms with Gasteiger partial charge in [0.05, 0.1) is 13.1 Å². The second-order valence-corrected chi connectivity index (χ2v) is 9.46. The van der Waals surface area contributed by atoms with Gasteiger partial charge in [0.15, 0.2) is 0 Å². The lowest BCUT2D eigenvalue weighted by Gasteiger charge is -2.55. The molecule has 190 valence electrons. The van der Waals surface area contributed by atoms with E-state index in [4.69, 9.17) is 0 Å². The van der Waals surface area contributed by atoms with E-state index in [1.165, 1.54) is 27.1 Å². The zero-order valence-corrected chi connectivity index (χ0v) is 19.9. The molecule has 0 spiro atoms. The van der Waals surface area contributed by atoms with Crippen LogP contribution in [0.15, 0.2) is 24.3 Å². The van der Waals surface area contributed by atoms with Crippen molar-refractivity contribution in [2.45, 2.75) is 69.7 Å². The van der Waals surface area contributed by atoms with Crippen LogP contribution in [-0.4, -0.2) is 87.1 Å². The minimum Gasteiger partial charge on any atom is -0.481 e. The first-order valence-electron chi connectivity index (χ1n) is 12.1. The zero-order chi connectivity index (χ0) is 25.1. The van der Waals surface area contributed by atoms with Gasteiger partial charge in [-0.3, -0.25) is 14.4 Å². The van der Waals surface area contributed by atoms with Crippen LogP contribution in [0.25, 0.3) is 0 Å². The lowest BCUT2D eigenvalue weighted by molar-refractivity contribution is -0.190. The predicted octanol–water partition coefficient (Wildman–Crippen LogP) is 1.76. The number of urea groups is 1. The smallest absolute Gasteiger partial charge is 0.334 e. The highest BCUT2D eigenvalue weighted by atomic mass is 19.1. The summed E-state index contributed by atoms with van der Waals surface area (Å²) in [5.41, 5.74) is 0.717. The summed E-state index contributed by atoms with van der Waals surface area (Å²) in [6.45, 7) is 0.228. The first-order chi connectivity index (χ1) is 16.8. The molecule has 2 aliphatic heterocycles. The number of aliphatic carboxylic acids is 1. The van der Waals surface area contributed by atoms with Crippen LogP contribution < -0.4 is 5.32 Å². The van der Waals surface area contributed by atoms with Crippen LogP contribution >= 0.6 is 0 Å². The molecule has 0 radical (unpaired) electrons. The fourth-order valence-corrected chi connectivity index (χ4v) is 5.38. The van der Waals surface area contributed by atoms with E-state index in [1.54, 1.807) is 24.1 Å². The molecule has 4 rings (SSSR count). The number of hydrazine groups is 1. The molecule has 35 heavy (non-hydrogen) atoms. The van der Waals surface area contributed by atoms with Gasteiger partial charge in [-0.05, 0) is 37.0 Å². The van der Waals surface area contributed by atoms with Gasteiger partial charge in [0.2, 0.25) is 11.8 Å². The molecule has 4 amide bonds. The Morgan fingerprint density at radius 3 is 2.46 bits per heavy atom. The third-order valence-corrected chi connectivity index (χ3v) is 7.10. The lowest BCUT2D eigenvalue weighted by atomic mass is 9.91. The van der Waals surface area contributed by atoms with Crippen molar-refractivity contribution in [3.05, 3.63) is 35.6 Å². The molecule has 2 N–H and O–H groups in total. The molecule has 3 aliphatic rings. The molecule has 2 heterocycles. The topological polar surface area (TPSA) is 114 Å². The third-order valence-electron chi connectivity index (χ3n) is 7.10. The van der Waals surface area contributed by atoms with Crippen molar-refractivity contribution in [2.24, 2.45) is 0 Å². The summed E-state index contributed by atoms with van der Waals surface area (Å²) in [5.74, 6) is -1.96. The Bertz CT molecular complexity index is 968. The SMILES string of the molecule is CN1CC(=O)N2C(CCC(=O)O)C(=O)N(C3CCCCC3)C[C@@H]2N1C(=O)NCc1ccc(F)cc1. The van der Waals surface area contributed by atoms with E-state index in [0.29, 0.717) is 5.56 Å². The van der Waals surface area contributed by atoms with Crippen LogP contribution in [0.5, 0.6) is 0 Å². The standard InChI is InChI=1S/C24H32FN5O5/c1-27-15-21(31)29-19(11-12-22(32)33)23(34)28(18-5-3-2-4-6-18)14-20(29)30(27)24(35)26-13-16-7-9-17(25)10-8-16/h7-10,18-20H,2-6,11-15H2,1H3,(H,26,35)(H,32,33)/t19?,20-/m0/s1. The molecule has 11 heteroatoms. The monoisotopic (exact) mass is 489 g/mol. The minimum absolute atomic E-state index is 0.00558. The molecule has 1 aromatic carbocycles. The molecule has 10 nitrogen and oxygen atoms in total. The van der Waals surface area contributed by atoms with E-state index in [9.17, 15) is 28.7 Å². The molecular weight excluding hydrogens is 457 g/mol.